The Morgan fingerprint density at radius 2 is 2.19 bits per heavy atom. The first-order valence-corrected chi connectivity index (χ1v) is 5.49. The minimum Gasteiger partial charge on any atom is -0.409 e. The number of methoxy groups -OCH3 is 1. The van der Waals surface area contributed by atoms with E-state index in [9.17, 15) is 0 Å². The first-order valence-electron chi connectivity index (χ1n) is 5.49. The van der Waals surface area contributed by atoms with Gasteiger partial charge in [-0.1, -0.05) is 12.1 Å². The molecule has 0 aromatic heterocycles. The number of ether oxygens (including phenoxy) is 1. The molecule has 4 N–H and O–H groups in total. The molecule has 0 rings (SSSR count). The Hall–Kier alpha value is -0.850. The van der Waals surface area contributed by atoms with Gasteiger partial charge in [0.05, 0.1) is 13.2 Å². The molecule has 0 amide bonds. The predicted molar refractivity (Wildman–Crippen MR) is 62.6 cm³/mol. The van der Waals surface area contributed by atoms with E-state index in [1.807, 2.05) is 6.92 Å². The molecular weight excluding hydrogens is 210 g/mol. The van der Waals surface area contributed by atoms with E-state index >= 15 is 0 Å². The van der Waals surface area contributed by atoms with Crippen LogP contribution in [0.4, 0.5) is 0 Å². The van der Waals surface area contributed by atoms with Gasteiger partial charge in [-0.15, -0.1) is 0 Å². The Labute approximate surface area is 96.7 Å². The summed E-state index contributed by atoms with van der Waals surface area (Å²) in [7, 11) is 1.64. The van der Waals surface area contributed by atoms with Crippen molar-refractivity contribution in [1.29, 1.82) is 0 Å². The highest BCUT2D eigenvalue weighted by Crippen LogP contribution is 2.08. The summed E-state index contributed by atoms with van der Waals surface area (Å²) in [5, 5.41) is 20.5. The summed E-state index contributed by atoms with van der Waals surface area (Å²) in [6.45, 7) is 4.03. The van der Waals surface area contributed by atoms with Crippen molar-refractivity contribution in [3.05, 3.63) is 0 Å². The van der Waals surface area contributed by atoms with E-state index in [2.05, 4.69) is 10.1 Å². The zero-order valence-electron chi connectivity index (χ0n) is 10.1. The highest BCUT2D eigenvalue weighted by atomic mass is 16.5. The zero-order chi connectivity index (χ0) is 12.4. The minimum atomic E-state index is 0.0936. The van der Waals surface area contributed by atoms with Crippen molar-refractivity contribution in [3.63, 3.8) is 0 Å². The number of oxime groups is 1. The van der Waals surface area contributed by atoms with Crippen LogP contribution < -0.4 is 5.73 Å². The molecule has 0 heterocycles. The number of amidine groups is 1. The molecule has 1 unspecified atom stereocenters. The third-order valence-corrected chi connectivity index (χ3v) is 2.53. The summed E-state index contributed by atoms with van der Waals surface area (Å²) in [6.07, 6.45) is 1.37. The maximum absolute atomic E-state index is 8.98. The van der Waals surface area contributed by atoms with E-state index in [1.54, 1.807) is 7.11 Å². The van der Waals surface area contributed by atoms with E-state index in [1.165, 1.54) is 0 Å². The predicted octanol–water partition coefficient (Wildman–Crippen LogP) is -0.158. The SMILES string of the molecule is CCC(CC(N)=NO)N(CCO)CCOC. The smallest absolute Gasteiger partial charge is 0.140 e. The van der Waals surface area contributed by atoms with Crippen molar-refractivity contribution in [3.8, 4) is 0 Å². The third kappa shape index (κ3) is 5.89. The van der Waals surface area contributed by atoms with Gasteiger partial charge in [-0.2, -0.15) is 0 Å². The Bertz CT molecular complexity index is 200. The van der Waals surface area contributed by atoms with Crippen LogP contribution in [0.3, 0.4) is 0 Å². The van der Waals surface area contributed by atoms with Crippen LogP contribution in [-0.4, -0.2) is 60.5 Å². The number of nitrogens with two attached hydrogens (primary N) is 1. The average molecular weight is 233 g/mol. The fourth-order valence-electron chi connectivity index (χ4n) is 1.63. The van der Waals surface area contributed by atoms with Crippen LogP contribution in [0.5, 0.6) is 0 Å². The molecule has 6 heteroatoms. The molecule has 0 fully saturated rings. The Morgan fingerprint density at radius 3 is 2.62 bits per heavy atom. The average Bonchev–Trinajstić information content (AvgIpc) is 2.31. The van der Waals surface area contributed by atoms with Crippen molar-refractivity contribution < 1.29 is 15.1 Å². The van der Waals surface area contributed by atoms with Gasteiger partial charge in [0.1, 0.15) is 5.84 Å². The van der Waals surface area contributed by atoms with Gasteiger partial charge < -0.3 is 20.8 Å². The Balaban J connectivity index is 4.31. The second-order valence-electron chi connectivity index (χ2n) is 3.61. The first kappa shape index (κ1) is 15.2. The maximum Gasteiger partial charge on any atom is 0.140 e. The number of hydrogen-bond donors (Lipinski definition) is 3. The fraction of sp³-hybridized carbons (Fsp3) is 0.900. The van der Waals surface area contributed by atoms with Gasteiger partial charge in [-0.25, -0.2) is 0 Å². The molecule has 0 aliphatic carbocycles. The molecule has 0 saturated heterocycles. The lowest BCUT2D eigenvalue weighted by Crippen LogP contribution is -2.41. The molecule has 96 valence electrons. The molecule has 16 heavy (non-hydrogen) atoms. The summed E-state index contributed by atoms with van der Waals surface area (Å²) in [5.74, 6) is 0.215. The van der Waals surface area contributed by atoms with Gasteiger partial charge in [0.2, 0.25) is 0 Å². The van der Waals surface area contributed by atoms with Crippen molar-refractivity contribution >= 4 is 5.84 Å². The number of aliphatic hydroxyl groups excluding tert-OH is 1. The van der Waals surface area contributed by atoms with Crippen molar-refractivity contribution in [2.24, 2.45) is 10.9 Å². The Kier molecular flexibility index (Phi) is 8.88. The minimum absolute atomic E-state index is 0.0936. The van der Waals surface area contributed by atoms with Gasteiger partial charge in [-0.3, -0.25) is 4.90 Å². The standard InChI is InChI=1S/C10H23N3O3/c1-3-9(8-10(11)12-15)13(4-6-14)5-7-16-2/h9,14-15H,3-8H2,1-2H3,(H2,11,12). The van der Waals surface area contributed by atoms with E-state index in [0.717, 1.165) is 13.0 Å². The Morgan fingerprint density at radius 1 is 1.50 bits per heavy atom. The monoisotopic (exact) mass is 233 g/mol. The van der Waals surface area contributed by atoms with Gasteiger partial charge in [0.25, 0.3) is 0 Å². The van der Waals surface area contributed by atoms with Crippen LogP contribution in [-0.2, 0) is 4.74 Å². The molecule has 1 atom stereocenters. The van der Waals surface area contributed by atoms with Crippen molar-refractivity contribution in [1.82, 2.24) is 4.90 Å². The van der Waals surface area contributed by atoms with Gasteiger partial charge >= 0.3 is 0 Å². The summed E-state index contributed by atoms with van der Waals surface area (Å²) < 4.78 is 5.01. The number of hydrogen-bond acceptors (Lipinski definition) is 5. The summed E-state index contributed by atoms with van der Waals surface area (Å²) in [5.41, 5.74) is 5.49. The lowest BCUT2D eigenvalue weighted by atomic mass is 10.1. The third-order valence-electron chi connectivity index (χ3n) is 2.53. The van der Waals surface area contributed by atoms with E-state index in [0.29, 0.717) is 19.6 Å². The molecule has 0 bridgehead atoms. The highest BCUT2D eigenvalue weighted by Gasteiger charge is 2.17. The second kappa shape index (κ2) is 9.38. The van der Waals surface area contributed by atoms with Crippen LogP contribution >= 0.6 is 0 Å². The lowest BCUT2D eigenvalue weighted by Gasteiger charge is -2.29. The molecule has 0 aliphatic rings. The van der Waals surface area contributed by atoms with Crippen LogP contribution in [0, 0.1) is 0 Å². The number of nitrogens with zero attached hydrogens (tertiary/aromatic N) is 2. The van der Waals surface area contributed by atoms with Crippen LogP contribution in [0.2, 0.25) is 0 Å². The van der Waals surface area contributed by atoms with E-state index in [-0.39, 0.29) is 18.5 Å². The van der Waals surface area contributed by atoms with E-state index in [4.69, 9.17) is 20.8 Å². The zero-order valence-corrected chi connectivity index (χ0v) is 10.1. The molecule has 0 radical (unpaired) electrons. The largest absolute Gasteiger partial charge is 0.409 e. The second-order valence-corrected chi connectivity index (χ2v) is 3.61. The molecule has 0 saturated carbocycles. The fourth-order valence-corrected chi connectivity index (χ4v) is 1.63. The summed E-state index contributed by atoms with van der Waals surface area (Å²) >= 11 is 0. The van der Waals surface area contributed by atoms with E-state index < -0.39 is 0 Å². The number of aliphatic hydroxyl groups is 1. The normalized spacial score (nSPS) is 14.4. The van der Waals surface area contributed by atoms with Crippen LogP contribution in [0.15, 0.2) is 5.16 Å². The molecule has 0 aromatic carbocycles. The number of rotatable bonds is 9. The summed E-state index contributed by atoms with van der Waals surface area (Å²) in [6, 6.07) is 0.165. The first-order chi connectivity index (χ1) is 7.69. The van der Waals surface area contributed by atoms with Crippen molar-refractivity contribution in [2.45, 2.75) is 25.8 Å². The van der Waals surface area contributed by atoms with Gasteiger partial charge in [-0.05, 0) is 6.42 Å². The molecule has 6 nitrogen and oxygen atoms in total. The van der Waals surface area contributed by atoms with Crippen LogP contribution in [0.25, 0.3) is 0 Å². The topological polar surface area (TPSA) is 91.3 Å². The van der Waals surface area contributed by atoms with Crippen molar-refractivity contribution in [2.75, 3.05) is 33.4 Å². The summed E-state index contributed by atoms with van der Waals surface area (Å²) in [4.78, 5) is 2.08. The van der Waals surface area contributed by atoms with Gasteiger partial charge in [0, 0.05) is 32.7 Å². The molecular formula is C10H23N3O3. The molecule has 0 aromatic rings. The molecule has 0 aliphatic heterocycles. The maximum atomic E-state index is 8.98. The van der Waals surface area contributed by atoms with Gasteiger partial charge in [0.15, 0.2) is 0 Å². The quantitative estimate of drug-likeness (QED) is 0.223. The van der Waals surface area contributed by atoms with Crippen LogP contribution in [0.1, 0.15) is 19.8 Å². The molecule has 0 spiro atoms. The highest BCUT2D eigenvalue weighted by molar-refractivity contribution is 5.80. The lowest BCUT2D eigenvalue weighted by molar-refractivity contribution is 0.101.